The van der Waals surface area contributed by atoms with Crippen molar-refractivity contribution in [2.45, 2.75) is 26.3 Å². The summed E-state index contributed by atoms with van der Waals surface area (Å²) in [4.78, 5) is 14.6. The van der Waals surface area contributed by atoms with Gasteiger partial charge < -0.3 is 14.9 Å². The molecule has 2 N–H and O–H groups in total. The number of rotatable bonds is 5. The number of halogens is 1. The second-order valence-corrected chi connectivity index (χ2v) is 4.73. The fourth-order valence-corrected chi connectivity index (χ4v) is 2.21. The number of H-pyrrole nitrogens is 1. The molecule has 0 aliphatic heterocycles. The SMILES string of the molecule is CCCNC(=O)CCn1c(=S)[nH]c2ccc(F)cc21. The maximum absolute atomic E-state index is 13.3. The first kappa shape index (κ1) is 13.7. The van der Waals surface area contributed by atoms with Gasteiger partial charge in [0.15, 0.2) is 4.77 Å². The van der Waals surface area contributed by atoms with Crippen molar-refractivity contribution in [2.24, 2.45) is 0 Å². The zero-order valence-corrected chi connectivity index (χ0v) is 11.5. The quantitative estimate of drug-likeness (QED) is 0.828. The lowest BCUT2D eigenvalue weighted by Crippen LogP contribution is -2.25. The number of carbonyl (C=O) groups excluding carboxylic acids is 1. The van der Waals surface area contributed by atoms with Gasteiger partial charge in [-0.3, -0.25) is 4.79 Å². The number of aromatic nitrogens is 2. The summed E-state index contributed by atoms with van der Waals surface area (Å²) in [6.45, 7) is 3.11. The predicted molar refractivity (Wildman–Crippen MR) is 75.0 cm³/mol. The lowest BCUT2D eigenvalue weighted by atomic mass is 10.3. The highest BCUT2D eigenvalue weighted by Gasteiger charge is 2.07. The van der Waals surface area contributed by atoms with Gasteiger partial charge in [0.1, 0.15) is 5.82 Å². The lowest BCUT2D eigenvalue weighted by Gasteiger charge is -2.05. The molecule has 0 bridgehead atoms. The monoisotopic (exact) mass is 281 g/mol. The number of amides is 1. The summed E-state index contributed by atoms with van der Waals surface area (Å²) < 4.78 is 15.5. The van der Waals surface area contributed by atoms with Crippen molar-refractivity contribution in [1.29, 1.82) is 0 Å². The molecule has 1 amide bonds. The van der Waals surface area contributed by atoms with Gasteiger partial charge in [0.25, 0.3) is 0 Å². The zero-order valence-electron chi connectivity index (χ0n) is 10.7. The van der Waals surface area contributed by atoms with Crippen LogP contribution in [0.4, 0.5) is 4.39 Å². The van der Waals surface area contributed by atoms with Gasteiger partial charge in [0, 0.05) is 19.5 Å². The van der Waals surface area contributed by atoms with Gasteiger partial charge in [0.2, 0.25) is 5.91 Å². The molecule has 2 rings (SSSR count). The van der Waals surface area contributed by atoms with Crippen LogP contribution in [-0.2, 0) is 11.3 Å². The van der Waals surface area contributed by atoms with E-state index in [1.807, 2.05) is 6.92 Å². The Hall–Kier alpha value is -1.69. The molecule has 2 aromatic rings. The van der Waals surface area contributed by atoms with Crippen LogP contribution < -0.4 is 5.32 Å². The Kier molecular flexibility index (Phi) is 4.31. The molecule has 1 aromatic heterocycles. The Morgan fingerprint density at radius 1 is 1.53 bits per heavy atom. The highest BCUT2D eigenvalue weighted by Crippen LogP contribution is 2.16. The number of benzene rings is 1. The molecule has 6 heteroatoms. The van der Waals surface area contributed by atoms with Gasteiger partial charge in [-0.25, -0.2) is 4.39 Å². The summed E-state index contributed by atoms with van der Waals surface area (Å²) in [6.07, 6.45) is 1.24. The first-order chi connectivity index (χ1) is 9.11. The van der Waals surface area contributed by atoms with Crippen LogP contribution in [0.25, 0.3) is 11.0 Å². The Morgan fingerprint density at radius 2 is 2.32 bits per heavy atom. The second-order valence-electron chi connectivity index (χ2n) is 4.34. The van der Waals surface area contributed by atoms with Crippen molar-refractivity contribution >= 4 is 29.2 Å². The number of nitrogens with zero attached hydrogens (tertiary/aromatic N) is 1. The average Bonchev–Trinajstić information content (AvgIpc) is 2.69. The van der Waals surface area contributed by atoms with E-state index in [9.17, 15) is 9.18 Å². The number of aryl methyl sites for hydroxylation is 1. The van der Waals surface area contributed by atoms with Crippen LogP contribution in [0.2, 0.25) is 0 Å². The van der Waals surface area contributed by atoms with E-state index in [-0.39, 0.29) is 11.7 Å². The van der Waals surface area contributed by atoms with Crippen molar-refractivity contribution in [3.05, 3.63) is 28.8 Å². The molecule has 0 unspecified atom stereocenters. The van der Waals surface area contributed by atoms with E-state index in [0.717, 1.165) is 11.9 Å². The average molecular weight is 281 g/mol. The van der Waals surface area contributed by atoms with Crippen molar-refractivity contribution in [1.82, 2.24) is 14.9 Å². The van der Waals surface area contributed by atoms with Crippen molar-refractivity contribution in [2.75, 3.05) is 6.54 Å². The maximum Gasteiger partial charge on any atom is 0.221 e. The molecule has 0 spiro atoms. The fourth-order valence-electron chi connectivity index (χ4n) is 1.91. The highest BCUT2D eigenvalue weighted by molar-refractivity contribution is 7.71. The Labute approximate surface area is 115 Å². The largest absolute Gasteiger partial charge is 0.356 e. The summed E-state index contributed by atoms with van der Waals surface area (Å²) in [5, 5.41) is 2.80. The van der Waals surface area contributed by atoms with E-state index in [2.05, 4.69) is 10.3 Å². The Morgan fingerprint density at radius 3 is 3.05 bits per heavy atom. The molecular weight excluding hydrogens is 265 g/mol. The van der Waals surface area contributed by atoms with Crippen LogP contribution in [0.1, 0.15) is 19.8 Å². The van der Waals surface area contributed by atoms with Crippen LogP contribution >= 0.6 is 12.2 Å². The van der Waals surface area contributed by atoms with Crippen LogP contribution in [0.3, 0.4) is 0 Å². The standard InChI is InChI=1S/C13H16FN3OS/c1-2-6-15-12(18)5-7-17-11-8-9(14)3-4-10(11)16-13(17)19/h3-4,8H,2,5-7H2,1H3,(H,15,18)(H,16,19). The van der Waals surface area contributed by atoms with Crippen LogP contribution in [-0.4, -0.2) is 22.0 Å². The molecular formula is C13H16FN3OS. The number of hydrogen-bond acceptors (Lipinski definition) is 2. The number of imidazole rings is 1. The van der Waals surface area contributed by atoms with Gasteiger partial charge in [0.05, 0.1) is 11.0 Å². The van der Waals surface area contributed by atoms with E-state index in [4.69, 9.17) is 12.2 Å². The molecule has 19 heavy (non-hydrogen) atoms. The second kappa shape index (κ2) is 5.97. The van der Waals surface area contributed by atoms with E-state index in [1.165, 1.54) is 12.1 Å². The molecule has 102 valence electrons. The molecule has 0 aliphatic rings. The molecule has 4 nitrogen and oxygen atoms in total. The smallest absolute Gasteiger partial charge is 0.221 e. The molecule has 0 fully saturated rings. The predicted octanol–water partition coefficient (Wildman–Crippen LogP) is 2.75. The normalized spacial score (nSPS) is 10.8. The molecule has 0 atom stereocenters. The third-order valence-electron chi connectivity index (χ3n) is 2.87. The van der Waals surface area contributed by atoms with Gasteiger partial charge in [-0.05, 0) is 36.8 Å². The molecule has 0 aliphatic carbocycles. The lowest BCUT2D eigenvalue weighted by molar-refractivity contribution is -0.121. The van der Waals surface area contributed by atoms with Crippen molar-refractivity contribution < 1.29 is 9.18 Å². The minimum absolute atomic E-state index is 0.0190. The van der Waals surface area contributed by atoms with Crippen LogP contribution in [0.5, 0.6) is 0 Å². The summed E-state index contributed by atoms with van der Waals surface area (Å²) in [7, 11) is 0. The maximum atomic E-state index is 13.3. The van der Waals surface area contributed by atoms with Crippen LogP contribution in [0, 0.1) is 10.6 Å². The number of aromatic amines is 1. The summed E-state index contributed by atoms with van der Waals surface area (Å²) in [5.41, 5.74) is 1.47. The zero-order chi connectivity index (χ0) is 13.8. The van der Waals surface area contributed by atoms with E-state index in [0.29, 0.717) is 29.8 Å². The first-order valence-corrected chi connectivity index (χ1v) is 6.67. The minimum atomic E-state index is -0.314. The van der Waals surface area contributed by atoms with Gasteiger partial charge in [-0.1, -0.05) is 6.92 Å². The van der Waals surface area contributed by atoms with E-state index in [1.54, 1.807) is 10.6 Å². The number of hydrogen-bond donors (Lipinski definition) is 2. The Bertz CT molecular complexity index is 647. The molecule has 0 radical (unpaired) electrons. The minimum Gasteiger partial charge on any atom is -0.356 e. The summed E-state index contributed by atoms with van der Waals surface area (Å²) >= 11 is 5.19. The molecule has 1 aromatic carbocycles. The fraction of sp³-hybridized carbons (Fsp3) is 0.385. The first-order valence-electron chi connectivity index (χ1n) is 6.26. The number of fused-ring (bicyclic) bond motifs is 1. The van der Waals surface area contributed by atoms with Crippen LogP contribution in [0.15, 0.2) is 18.2 Å². The summed E-state index contributed by atoms with van der Waals surface area (Å²) in [5.74, 6) is -0.333. The van der Waals surface area contributed by atoms with Gasteiger partial charge in [-0.15, -0.1) is 0 Å². The van der Waals surface area contributed by atoms with E-state index < -0.39 is 0 Å². The Balaban J connectivity index is 2.16. The van der Waals surface area contributed by atoms with Gasteiger partial charge >= 0.3 is 0 Å². The van der Waals surface area contributed by atoms with Crippen molar-refractivity contribution in [3.8, 4) is 0 Å². The van der Waals surface area contributed by atoms with E-state index >= 15 is 0 Å². The highest BCUT2D eigenvalue weighted by atomic mass is 32.1. The molecule has 1 heterocycles. The topological polar surface area (TPSA) is 49.8 Å². The number of nitrogens with one attached hydrogen (secondary N) is 2. The third-order valence-corrected chi connectivity index (χ3v) is 3.19. The number of carbonyl (C=O) groups is 1. The van der Waals surface area contributed by atoms with Crippen molar-refractivity contribution in [3.63, 3.8) is 0 Å². The molecule has 0 saturated heterocycles. The summed E-state index contributed by atoms with van der Waals surface area (Å²) in [6, 6.07) is 4.45. The van der Waals surface area contributed by atoms with Gasteiger partial charge in [-0.2, -0.15) is 0 Å². The molecule has 0 saturated carbocycles. The third kappa shape index (κ3) is 3.20.